The molecule has 0 atom stereocenters. The van der Waals surface area contributed by atoms with Gasteiger partial charge >= 0.3 is 0 Å². The van der Waals surface area contributed by atoms with Crippen molar-refractivity contribution in [3.8, 4) is 0 Å². The van der Waals surface area contributed by atoms with Crippen LogP contribution < -0.4 is 5.32 Å². The summed E-state index contributed by atoms with van der Waals surface area (Å²) in [4.78, 5) is 0. The second-order valence-electron chi connectivity index (χ2n) is 5.43. The first-order chi connectivity index (χ1) is 7.04. The Morgan fingerprint density at radius 1 is 1.40 bits per heavy atom. The molecule has 0 radical (unpaired) electrons. The Labute approximate surface area is 99.3 Å². The molecule has 2 heteroatoms. The Bertz CT molecular complexity index is 205. The summed E-state index contributed by atoms with van der Waals surface area (Å²) in [5.74, 6) is 0.795. The summed E-state index contributed by atoms with van der Waals surface area (Å²) >= 11 is 5.76. The van der Waals surface area contributed by atoms with Crippen molar-refractivity contribution in [1.29, 1.82) is 0 Å². The highest BCUT2D eigenvalue weighted by molar-refractivity contribution is 6.29. The first-order valence-electron chi connectivity index (χ1n) is 6.08. The molecule has 0 aromatic carbocycles. The minimum atomic E-state index is 0.542. The second-order valence-corrected chi connectivity index (χ2v) is 5.96. The monoisotopic (exact) mass is 229 g/mol. The first-order valence-corrected chi connectivity index (χ1v) is 6.46. The summed E-state index contributed by atoms with van der Waals surface area (Å²) < 4.78 is 0. The molecule has 1 rings (SSSR count). The van der Waals surface area contributed by atoms with E-state index < -0.39 is 0 Å². The molecule has 0 heterocycles. The van der Waals surface area contributed by atoms with Crippen molar-refractivity contribution >= 4 is 11.6 Å². The van der Waals surface area contributed by atoms with E-state index in [9.17, 15) is 0 Å². The third-order valence-electron chi connectivity index (χ3n) is 3.32. The van der Waals surface area contributed by atoms with Gasteiger partial charge in [-0.05, 0) is 30.6 Å². The van der Waals surface area contributed by atoms with Crippen molar-refractivity contribution < 1.29 is 0 Å². The average molecular weight is 230 g/mol. The van der Waals surface area contributed by atoms with E-state index in [1.54, 1.807) is 0 Å². The molecule has 0 aliphatic heterocycles. The van der Waals surface area contributed by atoms with Crippen LogP contribution in [0.25, 0.3) is 0 Å². The predicted octanol–water partition coefficient (Wildman–Crippen LogP) is 3.94. The number of halogens is 1. The molecular weight excluding hydrogens is 206 g/mol. The van der Waals surface area contributed by atoms with Gasteiger partial charge in [0.15, 0.2) is 0 Å². The lowest BCUT2D eigenvalue weighted by Gasteiger charge is -2.31. The molecule has 88 valence electrons. The van der Waals surface area contributed by atoms with Crippen LogP contribution in [0.5, 0.6) is 0 Å². The minimum Gasteiger partial charge on any atom is -0.311 e. The van der Waals surface area contributed by atoms with Crippen LogP contribution in [0, 0.1) is 11.3 Å². The first kappa shape index (κ1) is 13.1. The zero-order valence-electron chi connectivity index (χ0n) is 10.1. The topological polar surface area (TPSA) is 12.0 Å². The van der Waals surface area contributed by atoms with Crippen LogP contribution in [-0.2, 0) is 0 Å². The van der Waals surface area contributed by atoms with Crippen molar-refractivity contribution in [2.24, 2.45) is 11.3 Å². The van der Waals surface area contributed by atoms with Crippen LogP contribution in [-0.4, -0.2) is 13.1 Å². The summed E-state index contributed by atoms with van der Waals surface area (Å²) in [6.07, 6.45) is 6.90. The van der Waals surface area contributed by atoms with Crippen LogP contribution in [0.3, 0.4) is 0 Å². The lowest BCUT2D eigenvalue weighted by Crippen LogP contribution is -2.33. The molecule has 1 N–H and O–H groups in total. The smallest absolute Gasteiger partial charge is 0.0307 e. The quantitative estimate of drug-likeness (QED) is 0.728. The van der Waals surface area contributed by atoms with E-state index in [2.05, 4.69) is 25.7 Å². The molecule has 0 saturated heterocycles. The molecule has 1 aliphatic rings. The van der Waals surface area contributed by atoms with Gasteiger partial charge in [-0.15, -0.1) is 0 Å². The molecule has 1 saturated carbocycles. The van der Waals surface area contributed by atoms with Crippen LogP contribution in [0.2, 0.25) is 0 Å². The van der Waals surface area contributed by atoms with Gasteiger partial charge in [0.2, 0.25) is 0 Å². The van der Waals surface area contributed by atoms with Gasteiger partial charge in [0.25, 0.3) is 0 Å². The standard InChI is InChI=1S/C13H24ClN/c1-11(2)8-13(6-4-5-7-13)10-15-9-12(3)14/h11,15H,3-10H2,1-2H3. The average Bonchev–Trinajstić information content (AvgIpc) is 2.51. The van der Waals surface area contributed by atoms with Gasteiger partial charge in [0, 0.05) is 18.1 Å². The van der Waals surface area contributed by atoms with E-state index in [4.69, 9.17) is 11.6 Å². The number of nitrogens with one attached hydrogen (secondary N) is 1. The van der Waals surface area contributed by atoms with Gasteiger partial charge in [0.1, 0.15) is 0 Å². The molecule has 0 bridgehead atoms. The largest absolute Gasteiger partial charge is 0.311 e. The summed E-state index contributed by atoms with van der Waals surface area (Å²) in [5.41, 5.74) is 0.542. The van der Waals surface area contributed by atoms with E-state index >= 15 is 0 Å². The zero-order valence-corrected chi connectivity index (χ0v) is 10.9. The Morgan fingerprint density at radius 3 is 2.47 bits per heavy atom. The third-order valence-corrected chi connectivity index (χ3v) is 3.46. The summed E-state index contributed by atoms with van der Waals surface area (Å²) in [7, 11) is 0. The van der Waals surface area contributed by atoms with Gasteiger partial charge in [0.05, 0.1) is 0 Å². The fourth-order valence-corrected chi connectivity index (χ4v) is 3.00. The van der Waals surface area contributed by atoms with Gasteiger partial charge < -0.3 is 5.32 Å². The van der Waals surface area contributed by atoms with E-state index in [1.165, 1.54) is 32.1 Å². The van der Waals surface area contributed by atoms with Crippen LogP contribution in [0.4, 0.5) is 0 Å². The molecule has 1 fully saturated rings. The van der Waals surface area contributed by atoms with Gasteiger partial charge in [-0.1, -0.05) is 44.9 Å². The molecule has 15 heavy (non-hydrogen) atoms. The Morgan fingerprint density at radius 2 is 2.00 bits per heavy atom. The maximum absolute atomic E-state index is 5.76. The molecular formula is C13H24ClN. The fraction of sp³-hybridized carbons (Fsp3) is 0.846. The van der Waals surface area contributed by atoms with Gasteiger partial charge in [-0.3, -0.25) is 0 Å². The highest BCUT2D eigenvalue weighted by Gasteiger charge is 2.33. The number of hydrogen-bond donors (Lipinski definition) is 1. The van der Waals surface area contributed by atoms with Gasteiger partial charge in [-0.2, -0.15) is 0 Å². The van der Waals surface area contributed by atoms with Crippen molar-refractivity contribution in [2.75, 3.05) is 13.1 Å². The molecule has 0 aromatic heterocycles. The van der Waals surface area contributed by atoms with Crippen molar-refractivity contribution in [1.82, 2.24) is 5.32 Å². The van der Waals surface area contributed by atoms with E-state index in [0.717, 1.165) is 19.0 Å². The molecule has 0 amide bonds. The summed E-state index contributed by atoms with van der Waals surface area (Å²) in [6.45, 7) is 10.2. The van der Waals surface area contributed by atoms with Crippen LogP contribution in [0.15, 0.2) is 11.6 Å². The zero-order chi connectivity index (χ0) is 11.3. The van der Waals surface area contributed by atoms with E-state index in [-0.39, 0.29) is 0 Å². The summed E-state index contributed by atoms with van der Waals surface area (Å²) in [5, 5.41) is 4.16. The lowest BCUT2D eigenvalue weighted by molar-refractivity contribution is 0.227. The normalized spacial score (nSPS) is 19.7. The lowest BCUT2D eigenvalue weighted by atomic mass is 9.78. The molecule has 0 unspecified atom stereocenters. The Kier molecular flexibility index (Phi) is 5.14. The molecule has 0 aromatic rings. The highest BCUT2D eigenvalue weighted by atomic mass is 35.5. The van der Waals surface area contributed by atoms with Crippen LogP contribution >= 0.6 is 11.6 Å². The number of hydrogen-bond acceptors (Lipinski definition) is 1. The molecule has 0 spiro atoms. The van der Waals surface area contributed by atoms with Crippen molar-refractivity contribution in [3.05, 3.63) is 11.6 Å². The minimum absolute atomic E-state index is 0.542. The maximum Gasteiger partial charge on any atom is 0.0307 e. The predicted molar refractivity (Wildman–Crippen MR) is 68.2 cm³/mol. The molecule has 1 nitrogen and oxygen atoms in total. The SMILES string of the molecule is C=C(Cl)CNCC1(CC(C)C)CCCC1. The molecule has 1 aliphatic carbocycles. The Balaban J connectivity index is 2.39. The number of rotatable bonds is 6. The van der Waals surface area contributed by atoms with E-state index in [1.807, 2.05) is 0 Å². The van der Waals surface area contributed by atoms with Gasteiger partial charge in [-0.25, -0.2) is 0 Å². The highest BCUT2D eigenvalue weighted by Crippen LogP contribution is 2.42. The van der Waals surface area contributed by atoms with Crippen molar-refractivity contribution in [3.63, 3.8) is 0 Å². The second kappa shape index (κ2) is 5.91. The Hall–Kier alpha value is -0.0100. The third kappa shape index (κ3) is 4.56. The van der Waals surface area contributed by atoms with E-state index in [0.29, 0.717) is 10.4 Å². The fourth-order valence-electron chi connectivity index (χ4n) is 2.91. The maximum atomic E-state index is 5.76. The summed E-state index contributed by atoms with van der Waals surface area (Å²) in [6, 6.07) is 0. The van der Waals surface area contributed by atoms with Crippen molar-refractivity contribution in [2.45, 2.75) is 46.0 Å². The van der Waals surface area contributed by atoms with Crippen LogP contribution in [0.1, 0.15) is 46.0 Å².